The van der Waals surface area contributed by atoms with Crippen LogP contribution in [0, 0.1) is 0 Å². The second-order valence-electron chi connectivity index (χ2n) is 5.01. The van der Waals surface area contributed by atoms with Gasteiger partial charge in [0.2, 0.25) is 0 Å². The molecule has 1 heterocycles. The largest absolute Gasteiger partial charge is 0.383 e. The lowest BCUT2D eigenvalue weighted by molar-refractivity contribution is 0.199. The average Bonchev–Trinajstić information content (AvgIpc) is 2.89. The molecule has 1 N–H and O–H groups in total. The lowest BCUT2D eigenvalue weighted by Gasteiger charge is -2.04. The normalized spacial score (nSPS) is 11.2. The highest BCUT2D eigenvalue weighted by molar-refractivity contribution is 7.12. The Hall–Kier alpha value is -1.23. The van der Waals surface area contributed by atoms with Crippen LogP contribution < -0.4 is 5.32 Å². The number of nitrogens with zero attached hydrogens (tertiary/aromatic N) is 1. The van der Waals surface area contributed by atoms with Gasteiger partial charge in [-0.2, -0.15) is 0 Å². The predicted molar refractivity (Wildman–Crippen MR) is 85.2 cm³/mol. The van der Waals surface area contributed by atoms with Crippen molar-refractivity contribution in [2.45, 2.75) is 26.3 Å². The van der Waals surface area contributed by atoms with Crippen molar-refractivity contribution in [2.75, 3.05) is 20.3 Å². The van der Waals surface area contributed by atoms with Crippen LogP contribution in [0.1, 0.15) is 29.7 Å². The van der Waals surface area contributed by atoms with Gasteiger partial charge in [0.1, 0.15) is 5.01 Å². The van der Waals surface area contributed by atoms with Crippen LogP contribution >= 0.6 is 11.3 Å². The number of hydrogen-bond acceptors (Lipinski definition) is 4. The third kappa shape index (κ3) is 3.88. The van der Waals surface area contributed by atoms with Crippen molar-refractivity contribution in [3.63, 3.8) is 0 Å². The van der Waals surface area contributed by atoms with Gasteiger partial charge in [0.25, 0.3) is 0 Å². The van der Waals surface area contributed by atoms with E-state index in [0.717, 1.165) is 30.4 Å². The third-order valence-electron chi connectivity index (χ3n) is 3.03. The van der Waals surface area contributed by atoms with Gasteiger partial charge in [0.05, 0.1) is 12.3 Å². The van der Waals surface area contributed by atoms with Crippen LogP contribution in [0.15, 0.2) is 30.3 Å². The zero-order valence-electron chi connectivity index (χ0n) is 12.3. The van der Waals surface area contributed by atoms with Gasteiger partial charge >= 0.3 is 0 Å². The summed E-state index contributed by atoms with van der Waals surface area (Å²) in [5.41, 5.74) is 2.34. The summed E-state index contributed by atoms with van der Waals surface area (Å²) in [4.78, 5) is 6.18. The number of benzene rings is 1. The molecule has 1 aromatic carbocycles. The first-order valence-corrected chi connectivity index (χ1v) is 7.78. The molecule has 0 fully saturated rings. The topological polar surface area (TPSA) is 34.1 Å². The van der Waals surface area contributed by atoms with Gasteiger partial charge in [0.15, 0.2) is 0 Å². The summed E-state index contributed by atoms with van der Waals surface area (Å²) in [6, 6.07) is 10.4. The molecule has 4 heteroatoms. The Labute approximate surface area is 125 Å². The molecular formula is C16H22N2OS. The molecule has 0 unspecified atom stereocenters. The minimum atomic E-state index is 0.496. The van der Waals surface area contributed by atoms with Crippen LogP contribution in [0.2, 0.25) is 0 Å². The fourth-order valence-electron chi connectivity index (χ4n) is 2.02. The second-order valence-corrected chi connectivity index (χ2v) is 6.13. The van der Waals surface area contributed by atoms with E-state index in [9.17, 15) is 0 Å². The van der Waals surface area contributed by atoms with Crippen molar-refractivity contribution in [3.8, 4) is 11.3 Å². The maximum atomic E-state index is 5.04. The Morgan fingerprint density at radius 2 is 2.00 bits per heavy atom. The molecule has 3 nitrogen and oxygen atoms in total. The molecule has 0 bridgehead atoms. The smallest absolute Gasteiger partial charge is 0.107 e. The molecule has 0 aliphatic rings. The first kappa shape index (κ1) is 15.2. The molecular weight excluding hydrogens is 268 g/mol. The molecule has 2 rings (SSSR count). The maximum absolute atomic E-state index is 5.04. The van der Waals surface area contributed by atoms with Crippen molar-refractivity contribution in [2.24, 2.45) is 0 Å². The van der Waals surface area contributed by atoms with Crippen LogP contribution in [0.5, 0.6) is 0 Å². The van der Waals surface area contributed by atoms with Gasteiger partial charge in [0, 0.05) is 30.6 Å². The molecule has 1 aromatic heterocycles. The van der Waals surface area contributed by atoms with Gasteiger partial charge < -0.3 is 10.1 Å². The lowest BCUT2D eigenvalue weighted by Crippen LogP contribution is -2.18. The van der Waals surface area contributed by atoms with Crippen molar-refractivity contribution in [3.05, 3.63) is 40.2 Å². The summed E-state index contributed by atoms with van der Waals surface area (Å²) >= 11 is 1.81. The minimum Gasteiger partial charge on any atom is -0.383 e. The highest BCUT2D eigenvalue weighted by atomic mass is 32.1. The summed E-state index contributed by atoms with van der Waals surface area (Å²) in [6.45, 7) is 6.84. The van der Waals surface area contributed by atoms with E-state index in [1.165, 1.54) is 10.4 Å². The third-order valence-corrected chi connectivity index (χ3v) is 4.38. The standard InChI is InChI=1S/C16H22N2OS/c1-12(2)16-15(13-7-5-4-6-8-13)18-14(20-16)11-17-9-10-19-3/h4-8,12,17H,9-11H2,1-3H3. The number of thiazole rings is 1. The van der Waals surface area contributed by atoms with E-state index >= 15 is 0 Å². The first-order chi connectivity index (χ1) is 9.72. The Morgan fingerprint density at radius 3 is 2.65 bits per heavy atom. The summed E-state index contributed by atoms with van der Waals surface area (Å²) in [5.74, 6) is 0.496. The summed E-state index contributed by atoms with van der Waals surface area (Å²) in [7, 11) is 1.72. The second kappa shape index (κ2) is 7.53. The number of aromatic nitrogens is 1. The Bertz CT molecular complexity index is 523. The van der Waals surface area contributed by atoms with Crippen molar-refractivity contribution in [1.29, 1.82) is 0 Å². The summed E-state index contributed by atoms with van der Waals surface area (Å²) < 4.78 is 5.04. The van der Waals surface area contributed by atoms with Gasteiger partial charge in [-0.3, -0.25) is 0 Å². The van der Waals surface area contributed by atoms with Crippen LogP contribution in [0.25, 0.3) is 11.3 Å². The molecule has 2 aromatic rings. The van der Waals surface area contributed by atoms with E-state index in [0.29, 0.717) is 5.92 Å². The fraction of sp³-hybridized carbons (Fsp3) is 0.438. The predicted octanol–water partition coefficient (Wildman–Crippen LogP) is 3.67. The van der Waals surface area contributed by atoms with E-state index in [1.54, 1.807) is 18.4 Å². The molecule has 108 valence electrons. The Morgan fingerprint density at radius 1 is 1.25 bits per heavy atom. The van der Waals surface area contributed by atoms with Gasteiger partial charge in [-0.1, -0.05) is 44.2 Å². The molecule has 20 heavy (non-hydrogen) atoms. The van der Waals surface area contributed by atoms with E-state index < -0.39 is 0 Å². The molecule has 0 amide bonds. The van der Waals surface area contributed by atoms with E-state index in [-0.39, 0.29) is 0 Å². The lowest BCUT2D eigenvalue weighted by atomic mass is 10.1. The van der Waals surface area contributed by atoms with E-state index in [2.05, 4.69) is 43.4 Å². The van der Waals surface area contributed by atoms with Crippen molar-refractivity contribution in [1.82, 2.24) is 10.3 Å². The van der Waals surface area contributed by atoms with Crippen molar-refractivity contribution >= 4 is 11.3 Å². The van der Waals surface area contributed by atoms with Gasteiger partial charge in [-0.25, -0.2) is 4.98 Å². The number of methoxy groups -OCH3 is 1. The highest BCUT2D eigenvalue weighted by Gasteiger charge is 2.15. The number of hydrogen-bond donors (Lipinski definition) is 1. The molecule has 0 spiro atoms. The van der Waals surface area contributed by atoms with Crippen LogP contribution in [-0.2, 0) is 11.3 Å². The van der Waals surface area contributed by atoms with Gasteiger partial charge in [-0.05, 0) is 5.92 Å². The molecule has 0 atom stereocenters. The van der Waals surface area contributed by atoms with E-state index in [4.69, 9.17) is 9.72 Å². The fourth-order valence-corrected chi connectivity index (χ4v) is 3.08. The average molecular weight is 290 g/mol. The van der Waals surface area contributed by atoms with Crippen LogP contribution in [0.3, 0.4) is 0 Å². The number of rotatable bonds is 7. The van der Waals surface area contributed by atoms with E-state index in [1.807, 2.05) is 6.07 Å². The maximum Gasteiger partial charge on any atom is 0.107 e. The highest BCUT2D eigenvalue weighted by Crippen LogP contribution is 2.33. The SMILES string of the molecule is COCCNCc1nc(-c2ccccc2)c(C(C)C)s1. The number of nitrogens with one attached hydrogen (secondary N) is 1. The molecule has 0 saturated carbocycles. The van der Waals surface area contributed by atoms with Gasteiger partial charge in [-0.15, -0.1) is 11.3 Å². The Kier molecular flexibility index (Phi) is 5.71. The summed E-state index contributed by atoms with van der Waals surface area (Å²) in [6.07, 6.45) is 0. The van der Waals surface area contributed by atoms with Crippen LogP contribution in [-0.4, -0.2) is 25.2 Å². The minimum absolute atomic E-state index is 0.496. The molecule has 0 radical (unpaired) electrons. The summed E-state index contributed by atoms with van der Waals surface area (Å²) in [5, 5.41) is 4.50. The zero-order valence-corrected chi connectivity index (χ0v) is 13.2. The monoisotopic (exact) mass is 290 g/mol. The molecule has 0 aliphatic heterocycles. The van der Waals surface area contributed by atoms with Crippen molar-refractivity contribution < 1.29 is 4.74 Å². The molecule has 0 saturated heterocycles. The zero-order chi connectivity index (χ0) is 14.4. The first-order valence-electron chi connectivity index (χ1n) is 6.97. The quantitative estimate of drug-likeness (QED) is 0.790. The Balaban J connectivity index is 2.16. The number of ether oxygens (including phenoxy) is 1. The molecule has 0 aliphatic carbocycles. The van der Waals surface area contributed by atoms with Crippen LogP contribution in [0.4, 0.5) is 0 Å².